The number of aromatic carboxylic acids is 1. The zero-order valence-electron chi connectivity index (χ0n) is 11.8. The van der Waals surface area contributed by atoms with Gasteiger partial charge in [0.2, 0.25) is 0 Å². The molecule has 0 atom stereocenters. The van der Waals surface area contributed by atoms with Crippen LogP contribution >= 0.6 is 22.9 Å². The standard InChI is InChI=1S/C15H14ClNO3S/c1-7-4-5-10(6-11(7)16)13(18)17-14-12(15(19)20)8(2)9(3)21-14/h4-6H,1-3H3,(H,17,18)(H,19,20). The van der Waals surface area contributed by atoms with Gasteiger partial charge in [0.05, 0.1) is 5.56 Å². The van der Waals surface area contributed by atoms with Crippen LogP contribution in [-0.2, 0) is 0 Å². The van der Waals surface area contributed by atoms with Crippen molar-refractivity contribution in [3.05, 3.63) is 50.4 Å². The maximum Gasteiger partial charge on any atom is 0.338 e. The van der Waals surface area contributed by atoms with Crippen molar-refractivity contribution in [1.82, 2.24) is 0 Å². The third kappa shape index (κ3) is 3.09. The molecule has 21 heavy (non-hydrogen) atoms. The molecule has 0 bridgehead atoms. The highest BCUT2D eigenvalue weighted by atomic mass is 35.5. The number of hydrogen-bond acceptors (Lipinski definition) is 3. The molecule has 0 aliphatic carbocycles. The third-order valence-corrected chi connectivity index (χ3v) is 4.79. The number of amides is 1. The molecule has 0 saturated carbocycles. The van der Waals surface area contributed by atoms with E-state index in [1.807, 2.05) is 13.8 Å². The number of rotatable bonds is 3. The molecule has 0 fully saturated rings. The van der Waals surface area contributed by atoms with E-state index < -0.39 is 5.97 Å². The highest BCUT2D eigenvalue weighted by Crippen LogP contribution is 2.32. The summed E-state index contributed by atoms with van der Waals surface area (Å²) in [6, 6.07) is 4.98. The van der Waals surface area contributed by atoms with E-state index in [-0.39, 0.29) is 11.5 Å². The Morgan fingerprint density at radius 2 is 1.90 bits per heavy atom. The number of carbonyl (C=O) groups is 2. The fraction of sp³-hybridized carbons (Fsp3) is 0.200. The average molecular weight is 324 g/mol. The number of carbonyl (C=O) groups excluding carboxylic acids is 1. The number of anilines is 1. The van der Waals surface area contributed by atoms with Crippen LogP contribution in [0.2, 0.25) is 5.02 Å². The second-order valence-corrected chi connectivity index (χ2v) is 6.34. The lowest BCUT2D eigenvalue weighted by Gasteiger charge is -2.06. The van der Waals surface area contributed by atoms with Crippen LogP contribution in [0.4, 0.5) is 5.00 Å². The molecule has 0 unspecified atom stereocenters. The van der Waals surface area contributed by atoms with Gasteiger partial charge in [-0.2, -0.15) is 0 Å². The Morgan fingerprint density at radius 3 is 2.48 bits per heavy atom. The number of carboxylic acids is 1. The third-order valence-electron chi connectivity index (χ3n) is 3.26. The fourth-order valence-corrected chi connectivity index (χ4v) is 3.11. The maximum atomic E-state index is 12.2. The van der Waals surface area contributed by atoms with Gasteiger partial charge in [0.25, 0.3) is 5.91 Å². The van der Waals surface area contributed by atoms with Crippen LogP contribution in [0.15, 0.2) is 18.2 Å². The molecular weight excluding hydrogens is 310 g/mol. The number of aryl methyl sites for hydroxylation is 2. The number of benzene rings is 1. The van der Waals surface area contributed by atoms with Crippen LogP contribution in [0.25, 0.3) is 0 Å². The van der Waals surface area contributed by atoms with Crippen LogP contribution in [0.1, 0.15) is 36.7 Å². The first-order valence-corrected chi connectivity index (χ1v) is 7.41. The summed E-state index contributed by atoms with van der Waals surface area (Å²) in [5, 5.41) is 12.8. The maximum absolute atomic E-state index is 12.2. The number of carboxylic acid groups (broad SMARTS) is 1. The quantitative estimate of drug-likeness (QED) is 0.886. The summed E-state index contributed by atoms with van der Waals surface area (Å²) in [5.74, 6) is -1.42. The van der Waals surface area contributed by atoms with E-state index in [4.69, 9.17) is 11.6 Å². The summed E-state index contributed by atoms with van der Waals surface area (Å²) in [5.41, 5.74) is 2.08. The van der Waals surface area contributed by atoms with Crippen molar-refractivity contribution in [3.8, 4) is 0 Å². The highest BCUT2D eigenvalue weighted by molar-refractivity contribution is 7.16. The Labute approximate surface area is 131 Å². The minimum atomic E-state index is -1.05. The minimum Gasteiger partial charge on any atom is -0.478 e. The lowest BCUT2D eigenvalue weighted by Crippen LogP contribution is -2.13. The molecule has 2 N–H and O–H groups in total. The van der Waals surface area contributed by atoms with E-state index in [1.54, 1.807) is 25.1 Å². The first-order valence-electron chi connectivity index (χ1n) is 6.22. The van der Waals surface area contributed by atoms with Gasteiger partial charge in [0.1, 0.15) is 5.00 Å². The average Bonchev–Trinajstić information content (AvgIpc) is 2.68. The molecule has 0 radical (unpaired) electrons. The van der Waals surface area contributed by atoms with E-state index >= 15 is 0 Å². The van der Waals surface area contributed by atoms with Crippen molar-refractivity contribution in [2.45, 2.75) is 20.8 Å². The van der Waals surface area contributed by atoms with Gasteiger partial charge < -0.3 is 10.4 Å². The highest BCUT2D eigenvalue weighted by Gasteiger charge is 2.20. The molecule has 1 aromatic carbocycles. The van der Waals surface area contributed by atoms with E-state index in [9.17, 15) is 14.7 Å². The number of thiophene rings is 1. The second kappa shape index (κ2) is 5.87. The first-order chi connectivity index (χ1) is 9.81. The van der Waals surface area contributed by atoms with Crippen molar-refractivity contribution in [2.24, 2.45) is 0 Å². The molecule has 1 heterocycles. The molecule has 2 aromatic rings. The zero-order valence-corrected chi connectivity index (χ0v) is 13.4. The molecule has 0 aliphatic heterocycles. The molecule has 2 rings (SSSR count). The lowest BCUT2D eigenvalue weighted by molar-refractivity contribution is 0.0697. The Balaban J connectivity index is 2.33. The van der Waals surface area contributed by atoms with Crippen LogP contribution in [-0.4, -0.2) is 17.0 Å². The fourth-order valence-electron chi connectivity index (χ4n) is 1.88. The van der Waals surface area contributed by atoms with Crippen molar-refractivity contribution < 1.29 is 14.7 Å². The largest absolute Gasteiger partial charge is 0.478 e. The Hall–Kier alpha value is -1.85. The van der Waals surface area contributed by atoms with Gasteiger partial charge in [-0.25, -0.2) is 4.79 Å². The summed E-state index contributed by atoms with van der Waals surface area (Å²) >= 11 is 7.25. The summed E-state index contributed by atoms with van der Waals surface area (Å²) in [6.07, 6.45) is 0. The molecule has 0 aliphatic rings. The number of hydrogen-bond donors (Lipinski definition) is 2. The van der Waals surface area contributed by atoms with Gasteiger partial charge in [-0.05, 0) is 44.0 Å². The van der Waals surface area contributed by atoms with Crippen molar-refractivity contribution in [3.63, 3.8) is 0 Å². The first kappa shape index (κ1) is 15.5. The predicted octanol–water partition coefficient (Wildman–Crippen LogP) is 4.28. The van der Waals surface area contributed by atoms with E-state index in [0.717, 1.165) is 10.4 Å². The van der Waals surface area contributed by atoms with Gasteiger partial charge in [0, 0.05) is 15.5 Å². The molecule has 1 amide bonds. The van der Waals surface area contributed by atoms with Gasteiger partial charge in [0.15, 0.2) is 0 Å². The molecule has 110 valence electrons. The summed E-state index contributed by atoms with van der Waals surface area (Å²) < 4.78 is 0. The molecule has 0 spiro atoms. The number of nitrogens with one attached hydrogen (secondary N) is 1. The molecule has 0 saturated heterocycles. The van der Waals surface area contributed by atoms with Gasteiger partial charge in [-0.1, -0.05) is 17.7 Å². The molecule has 4 nitrogen and oxygen atoms in total. The van der Waals surface area contributed by atoms with Gasteiger partial charge in [-0.3, -0.25) is 4.79 Å². The summed E-state index contributed by atoms with van der Waals surface area (Å²) in [6.45, 7) is 5.40. The van der Waals surface area contributed by atoms with Crippen LogP contribution in [0, 0.1) is 20.8 Å². The van der Waals surface area contributed by atoms with E-state index in [2.05, 4.69) is 5.32 Å². The monoisotopic (exact) mass is 323 g/mol. The summed E-state index contributed by atoms with van der Waals surface area (Å²) in [7, 11) is 0. The topological polar surface area (TPSA) is 66.4 Å². The second-order valence-electron chi connectivity index (χ2n) is 4.71. The van der Waals surface area contributed by atoms with Gasteiger partial charge in [-0.15, -0.1) is 11.3 Å². The smallest absolute Gasteiger partial charge is 0.338 e. The Morgan fingerprint density at radius 1 is 1.24 bits per heavy atom. The van der Waals surface area contributed by atoms with Crippen molar-refractivity contribution >= 4 is 39.8 Å². The van der Waals surface area contributed by atoms with Crippen molar-refractivity contribution in [1.29, 1.82) is 0 Å². The van der Waals surface area contributed by atoms with Gasteiger partial charge >= 0.3 is 5.97 Å². The SMILES string of the molecule is Cc1ccc(C(=O)Nc2sc(C)c(C)c2C(=O)O)cc1Cl. The molecular formula is C15H14ClNO3S. The molecule has 1 aromatic heterocycles. The lowest BCUT2D eigenvalue weighted by atomic mass is 10.1. The Kier molecular flexibility index (Phi) is 4.34. The van der Waals surface area contributed by atoms with Crippen LogP contribution in [0.3, 0.4) is 0 Å². The van der Waals surface area contributed by atoms with E-state index in [1.165, 1.54) is 11.3 Å². The minimum absolute atomic E-state index is 0.143. The van der Waals surface area contributed by atoms with Crippen LogP contribution in [0.5, 0.6) is 0 Å². The normalized spacial score (nSPS) is 10.5. The van der Waals surface area contributed by atoms with Crippen LogP contribution < -0.4 is 5.32 Å². The zero-order chi connectivity index (χ0) is 15.7. The van der Waals surface area contributed by atoms with Crippen molar-refractivity contribution in [2.75, 3.05) is 5.32 Å². The Bertz CT molecular complexity index is 737. The predicted molar refractivity (Wildman–Crippen MR) is 84.9 cm³/mol. The summed E-state index contributed by atoms with van der Waals surface area (Å²) in [4.78, 5) is 24.4. The molecule has 6 heteroatoms. The van der Waals surface area contributed by atoms with E-state index in [0.29, 0.717) is 21.2 Å². The number of halogens is 1.